The topological polar surface area (TPSA) is 49.8 Å². The lowest BCUT2D eigenvalue weighted by Crippen LogP contribution is -2.40. The first kappa shape index (κ1) is 13.5. The van der Waals surface area contributed by atoms with E-state index in [2.05, 4.69) is 20.8 Å². The zero-order valence-electron chi connectivity index (χ0n) is 10.0. The van der Waals surface area contributed by atoms with Crippen LogP contribution in [-0.4, -0.2) is 48.8 Å². The number of hydrogen-bond acceptors (Lipinski definition) is 3. The van der Waals surface area contributed by atoms with Crippen LogP contribution in [0, 0.1) is 0 Å². The van der Waals surface area contributed by atoms with Crippen LogP contribution in [0.2, 0.25) is 0 Å². The van der Waals surface area contributed by atoms with Crippen LogP contribution in [0.25, 0.3) is 0 Å². The number of benzene rings is 1. The second-order valence-corrected chi connectivity index (χ2v) is 5.27. The lowest BCUT2D eigenvalue weighted by atomic mass is 9.98. The predicted octanol–water partition coefficient (Wildman–Crippen LogP) is 1.95. The van der Waals surface area contributed by atoms with Crippen molar-refractivity contribution in [1.29, 1.82) is 0 Å². The molecule has 2 rings (SSSR count). The molecule has 1 heterocycles. The molecule has 98 valence electrons. The third-order valence-electron chi connectivity index (χ3n) is 3.11. The van der Waals surface area contributed by atoms with Crippen molar-refractivity contribution < 1.29 is 14.6 Å². The molecule has 0 amide bonds. The van der Waals surface area contributed by atoms with E-state index in [1.165, 1.54) is 0 Å². The van der Waals surface area contributed by atoms with Crippen LogP contribution in [0.1, 0.15) is 11.5 Å². The second-order valence-electron chi connectivity index (χ2n) is 4.36. The molecule has 1 aromatic rings. The fourth-order valence-corrected chi connectivity index (χ4v) is 2.33. The van der Waals surface area contributed by atoms with Crippen LogP contribution in [0.3, 0.4) is 0 Å². The van der Waals surface area contributed by atoms with Crippen molar-refractivity contribution in [3.8, 4) is 0 Å². The molecule has 0 radical (unpaired) electrons. The summed E-state index contributed by atoms with van der Waals surface area (Å²) >= 11 is 3.36. The van der Waals surface area contributed by atoms with Gasteiger partial charge in [-0.1, -0.05) is 28.1 Å². The van der Waals surface area contributed by atoms with Gasteiger partial charge in [0.05, 0.1) is 19.1 Å². The molecule has 4 nitrogen and oxygen atoms in total. The molecular weight excluding hydrogens is 298 g/mol. The summed E-state index contributed by atoms with van der Waals surface area (Å²) in [4.78, 5) is 13.5. The zero-order chi connectivity index (χ0) is 13.0. The molecular formula is C13H16BrNO3. The standard InChI is InChI=1S/C13H16BrNO3/c14-11-3-1-10(2-4-11)12(13(16)17)9-15-5-7-18-8-6-15/h1-4,12H,5-9H2,(H,16,17). The van der Waals surface area contributed by atoms with Crippen molar-refractivity contribution in [1.82, 2.24) is 4.90 Å². The summed E-state index contributed by atoms with van der Waals surface area (Å²) in [7, 11) is 0. The Morgan fingerprint density at radius 2 is 1.94 bits per heavy atom. The highest BCUT2D eigenvalue weighted by atomic mass is 79.9. The van der Waals surface area contributed by atoms with Gasteiger partial charge in [-0.15, -0.1) is 0 Å². The van der Waals surface area contributed by atoms with E-state index in [9.17, 15) is 9.90 Å². The normalized spacial score (nSPS) is 18.5. The zero-order valence-corrected chi connectivity index (χ0v) is 11.6. The fraction of sp³-hybridized carbons (Fsp3) is 0.462. The van der Waals surface area contributed by atoms with Gasteiger partial charge in [0.25, 0.3) is 0 Å². The van der Waals surface area contributed by atoms with E-state index in [-0.39, 0.29) is 0 Å². The molecule has 1 aromatic carbocycles. The second kappa shape index (κ2) is 6.31. The highest BCUT2D eigenvalue weighted by Gasteiger charge is 2.23. The van der Waals surface area contributed by atoms with E-state index in [4.69, 9.17) is 4.74 Å². The number of carboxylic acids is 1. The number of rotatable bonds is 4. The van der Waals surface area contributed by atoms with Gasteiger partial charge in [-0.3, -0.25) is 9.69 Å². The molecule has 1 aliphatic heterocycles. The van der Waals surface area contributed by atoms with Gasteiger partial charge >= 0.3 is 5.97 Å². The van der Waals surface area contributed by atoms with Crippen molar-refractivity contribution in [3.05, 3.63) is 34.3 Å². The SMILES string of the molecule is O=C(O)C(CN1CCOCC1)c1ccc(Br)cc1. The van der Waals surface area contributed by atoms with Gasteiger partial charge in [-0.05, 0) is 17.7 Å². The number of morpholine rings is 1. The molecule has 0 aliphatic carbocycles. The number of halogens is 1. The first-order valence-corrected chi connectivity index (χ1v) is 6.74. The molecule has 0 spiro atoms. The molecule has 1 fully saturated rings. The summed E-state index contributed by atoms with van der Waals surface area (Å²) in [5.74, 6) is -1.25. The molecule has 18 heavy (non-hydrogen) atoms. The summed E-state index contributed by atoms with van der Waals surface area (Å²) in [5, 5.41) is 9.36. The minimum atomic E-state index is -0.774. The molecule has 1 unspecified atom stereocenters. The number of nitrogens with zero attached hydrogens (tertiary/aromatic N) is 1. The summed E-state index contributed by atoms with van der Waals surface area (Å²) in [6.07, 6.45) is 0. The highest BCUT2D eigenvalue weighted by molar-refractivity contribution is 9.10. The van der Waals surface area contributed by atoms with Crippen LogP contribution in [0.15, 0.2) is 28.7 Å². The first-order chi connectivity index (χ1) is 8.66. The van der Waals surface area contributed by atoms with E-state index in [0.29, 0.717) is 19.8 Å². The van der Waals surface area contributed by atoms with Crippen LogP contribution in [0.4, 0.5) is 0 Å². The van der Waals surface area contributed by atoms with Crippen molar-refractivity contribution in [2.75, 3.05) is 32.8 Å². The lowest BCUT2D eigenvalue weighted by Gasteiger charge is -2.29. The van der Waals surface area contributed by atoms with Crippen LogP contribution in [0.5, 0.6) is 0 Å². The van der Waals surface area contributed by atoms with Crippen molar-refractivity contribution in [2.24, 2.45) is 0 Å². The molecule has 0 bridgehead atoms. The summed E-state index contributed by atoms with van der Waals surface area (Å²) in [6.45, 7) is 3.53. The maximum absolute atomic E-state index is 11.4. The van der Waals surface area contributed by atoms with Crippen molar-refractivity contribution in [3.63, 3.8) is 0 Å². The largest absolute Gasteiger partial charge is 0.481 e. The Hall–Kier alpha value is -0.910. The Kier molecular flexibility index (Phi) is 4.74. The van der Waals surface area contributed by atoms with Gasteiger partial charge < -0.3 is 9.84 Å². The van der Waals surface area contributed by atoms with Gasteiger partial charge in [0, 0.05) is 24.1 Å². The van der Waals surface area contributed by atoms with E-state index >= 15 is 0 Å². The molecule has 5 heteroatoms. The van der Waals surface area contributed by atoms with E-state index in [1.54, 1.807) is 0 Å². The van der Waals surface area contributed by atoms with Gasteiger partial charge in [0.2, 0.25) is 0 Å². The van der Waals surface area contributed by atoms with Crippen molar-refractivity contribution >= 4 is 21.9 Å². The molecule has 1 saturated heterocycles. The smallest absolute Gasteiger partial charge is 0.312 e. The average Bonchev–Trinajstić information content (AvgIpc) is 2.38. The van der Waals surface area contributed by atoms with E-state index < -0.39 is 11.9 Å². The van der Waals surface area contributed by atoms with Gasteiger partial charge in [-0.2, -0.15) is 0 Å². The Balaban J connectivity index is 2.07. The maximum Gasteiger partial charge on any atom is 0.312 e. The maximum atomic E-state index is 11.4. The number of ether oxygens (including phenoxy) is 1. The Morgan fingerprint density at radius 3 is 2.50 bits per heavy atom. The van der Waals surface area contributed by atoms with Crippen LogP contribution < -0.4 is 0 Å². The highest BCUT2D eigenvalue weighted by Crippen LogP contribution is 2.20. The molecule has 0 aromatic heterocycles. The lowest BCUT2D eigenvalue weighted by molar-refractivity contribution is -0.139. The molecule has 0 saturated carbocycles. The monoisotopic (exact) mass is 313 g/mol. The predicted molar refractivity (Wildman–Crippen MR) is 71.8 cm³/mol. The van der Waals surface area contributed by atoms with Crippen LogP contribution >= 0.6 is 15.9 Å². The molecule has 1 N–H and O–H groups in total. The number of hydrogen-bond donors (Lipinski definition) is 1. The number of aliphatic carboxylic acids is 1. The summed E-state index contributed by atoms with van der Waals surface area (Å²) in [5.41, 5.74) is 0.845. The third kappa shape index (κ3) is 3.54. The minimum absolute atomic E-state index is 0.476. The van der Waals surface area contributed by atoms with E-state index in [0.717, 1.165) is 23.1 Å². The van der Waals surface area contributed by atoms with Gasteiger partial charge in [0.15, 0.2) is 0 Å². The minimum Gasteiger partial charge on any atom is -0.481 e. The quantitative estimate of drug-likeness (QED) is 0.923. The van der Waals surface area contributed by atoms with E-state index in [1.807, 2.05) is 24.3 Å². The first-order valence-electron chi connectivity index (χ1n) is 5.95. The van der Waals surface area contributed by atoms with Crippen molar-refractivity contribution in [2.45, 2.75) is 5.92 Å². The third-order valence-corrected chi connectivity index (χ3v) is 3.64. The van der Waals surface area contributed by atoms with Gasteiger partial charge in [0.1, 0.15) is 0 Å². The Bertz CT molecular complexity index is 401. The van der Waals surface area contributed by atoms with Gasteiger partial charge in [-0.25, -0.2) is 0 Å². The Labute approximate surface area is 115 Å². The number of carbonyl (C=O) groups is 1. The number of carboxylic acid groups (broad SMARTS) is 1. The fourth-order valence-electron chi connectivity index (χ4n) is 2.06. The summed E-state index contributed by atoms with van der Waals surface area (Å²) in [6, 6.07) is 7.49. The average molecular weight is 314 g/mol. The molecule has 1 aliphatic rings. The summed E-state index contributed by atoms with van der Waals surface area (Å²) < 4.78 is 6.23. The Morgan fingerprint density at radius 1 is 1.33 bits per heavy atom. The molecule has 1 atom stereocenters. The van der Waals surface area contributed by atoms with Crippen LogP contribution in [-0.2, 0) is 9.53 Å².